The summed E-state index contributed by atoms with van der Waals surface area (Å²) in [5.74, 6) is -0.937. The van der Waals surface area contributed by atoms with Gasteiger partial charge in [0, 0.05) is 18.9 Å². The molecule has 0 spiro atoms. The zero-order valence-electron chi connectivity index (χ0n) is 9.15. The van der Waals surface area contributed by atoms with E-state index >= 15 is 0 Å². The van der Waals surface area contributed by atoms with E-state index in [1.807, 2.05) is 6.92 Å². The second kappa shape index (κ2) is 4.67. The number of nitrogens with zero attached hydrogens (tertiary/aromatic N) is 2. The summed E-state index contributed by atoms with van der Waals surface area (Å²) in [4.78, 5) is 16.1. The van der Waals surface area contributed by atoms with E-state index in [0.717, 1.165) is 0 Å². The first-order chi connectivity index (χ1) is 8.15. The Balaban J connectivity index is 2.51. The largest absolute Gasteiger partial charge is 0.328 e. The van der Waals surface area contributed by atoms with Crippen molar-refractivity contribution >= 4 is 17.4 Å². The summed E-state index contributed by atoms with van der Waals surface area (Å²) in [6.45, 7) is 2.47. The molecule has 0 bridgehead atoms. The first kappa shape index (κ1) is 11.8. The third-order valence-corrected chi connectivity index (χ3v) is 2.76. The molecular weight excluding hydrogens is 243 g/mol. The first-order valence-electron chi connectivity index (χ1n) is 5.15. The lowest BCUT2D eigenvalue weighted by molar-refractivity contribution is 0.102. The highest BCUT2D eigenvalue weighted by molar-refractivity contribution is 6.34. The molecule has 0 fully saturated rings. The molecule has 1 aromatic heterocycles. The minimum atomic E-state index is -0.631. The van der Waals surface area contributed by atoms with Crippen molar-refractivity contribution in [1.82, 2.24) is 9.55 Å². The van der Waals surface area contributed by atoms with Crippen molar-refractivity contribution in [3.05, 3.63) is 52.8 Å². The standard InChI is InChI=1S/C12H10ClFN2O/c1-2-16-7-6-15-12(16)11(17)10-8(13)4-3-5-9(10)14/h3-7H,2H2,1H3. The van der Waals surface area contributed by atoms with Gasteiger partial charge in [0.2, 0.25) is 5.78 Å². The molecule has 0 amide bonds. The molecule has 2 rings (SSSR count). The van der Waals surface area contributed by atoms with Crippen LogP contribution in [0.4, 0.5) is 4.39 Å². The average Bonchev–Trinajstić information content (AvgIpc) is 2.76. The van der Waals surface area contributed by atoms with Gasteiger partial charge in [0.05, 0.1) is 10.6 Å². The molecule has 0 radical (unpaired) electrons. The van der Waals surface area contributed by atoms with Gasteiger partial charge in [-0.05, 0) is 19.1 Å². The molecule has 0 aliphatic carbocycles. The Labute approximate surface area is 103 Å². The third-order valence-electron chi connectivity index (χ3n) is 2.45. The van der Waals surface area contributed by atoms with Gasteiger partial charge in [-0.2, -0.15) is 0 Å². The van der Waals surface area contributed by atoms with Crippen LogP contribution in [0.3, 0.4) is 0 Å². The van der Waals surface area contributed by atoms with E-state index in [4.69, 9.17) is 11.6 Å². The smallest absolute Gasteiger partial charge is 0.232 e. The minimum absolute atomic E-state index is 0.0978. The lowest BCUT2D eigenvalue weighted by Crippen LogP contribution is -2.12. The monoisotopic (exact) mass is 252 g/mol. The summed E-state index contributed by atoms with van der Waals surface area (Å²) >= 11 is 5.84. The summed E-state index contributed by atoms with van der Waals surface area (Å²) in [5, 5.41) is 0.0978. The number of rotatable bonds is 3. The number of ketones is 1. The first-order valence-corrected chi connectivity index (χ1v) is 5.52. The molecule has 0 N–H and O–H groups in total. The maximum atomic E-state index is 13.6. The fourth-order valence-corrected chi connectivity index (χ4v) is 1.85. The van der Waals surface area contributed by atoms with Crippen molar-refractivity contribution in [2.45, 2.75) is 13.5 Å². The fourth-order valence-electron chi connectivity index (χ4n) is 1.60. The zero-order valence-corrected chi connectivity index (χ0v) is 9.91. The minimum Gasteiger partial charge on any atom is -0.328 e. The molecule has 17 heavy (non-hydrogen) atoms. The van der Waals surface area contributed by atoms with E-state index in [1.54, 1.807) is 10.8 Å². The van der Waals surface area contributed by atoms with Gasteiger partial charge in [-0.3, -0.25) is 4.79 Å². The number of imidazole rings is 1. The maximum Gasteiger partial charge on any atom is 0.232 e. The van der Waals surface area contributed by atoms with Crippen LogP contribution in [0.25, 0.3) is 0 Å². The number of hydrogen-bond acceptors (Lipinski definition) is 2. The van der Waals surface area contributed by atoms with E-state index in [2.05, 4.69) is 4.98 Å². The Morgan fingerprint density at radius 1 is 1.53 bits per heavy atom. The van der Waals surface area contributed by atoms with E-state index in [-0.39, 0.29) is 16.4 Å². The van der Waals surface area contributed by atoms with Crippen LogP contribution in [-0.4, -0.2) is 15.3 Å². The molecule has 5 heteroatoms. The van der Waals surface area contributed by atoms with Crippen LogP contribution in [0, 0.1) is 5.82 Å². The second-order valence-electron chi connectivity index (χ2n) is 3.46. The molecule has 3 nitrogen and oxygen atoms in total. The summed E-state index contributed by atoms with van der Waals surface area (Å²) in [7, 11) is 0. The SMILES string of the molecule is CCn1ccnc1C(=O)c1c(F)cccc1Cl. The van der Waals surface area contributed by atoms with Crippen LogP contribution in [0.15, 0.2) is 30.6 Å². The van der Waals surface area contributed by atoms with Gasteiger partial charge in [-0.15, -0.1) is 0 Å². The molecule has 1 heterocycles. The highest BCUT2D eigenvalue weighted by Crippen LogP contribution is 2.21. The number of carbonyl (C=O) groups is 1. The fraction of sp³-hybridized carbons (Fsp3) is 0.167. The number of aryl methyl sites for hydroxylation is 1. The van der Waals surface area contributed by atoms with Crippen LogP contribution < -0.4 is 0 Å². The number of aromatic nitrogens is 2. The zero-order chi connectivity index (χ0) is 12.4. The lowest BCUT2D eigenvalue weighted by Gasteiger charge is -2.06. The van der Waals surface area contributed by atoms with Gasteiger partial charge < -0.3 is 4.57 Å². The normalized spacial score (nSPS) is 10.5. The molecule has 0 atom stereocenters. The number of carbonyl (C=O) groups excluding carboxylic acids is 1. The molecule has 0 unspecified atom stereocenters. The van der Waals surface area contributed by atoms with Gasteiger partial charge in [0.25, 0.3) is 0 Å². The van der Waals surface area contributed by atoms with Crippen LogP contribution in [0.5, 0.6) is 0 Å². The van der Waals surface area contributed by atoms with Crippen LogP contribution in [0.2, 0.25) is 5.02 Å². The van der Waals surface area contributed by atoms with Gasteiger partial charge in [0.15, 0.2) is 5.82 Å². The Kier molecular flexibility index (Phi) is 3.24. The Morgan fingerprint density at radius 3 is 2.94 bits per heavy atom. The van der Waals surface area contributed by atoms with Crippen molar-refractivity contribution < 1.29 is 9.18 Å². The molecule has 88 valence electrons. The van der Waals surface area contributed by atoms with Crippen LogP contribution in [-0.2, 0) is 6.54 Å². The summed E-state index contributed by atoms with van der Waals surface area (Å²) in [5.41, 5.74) is -0.130. The predicted octanol–water partition coefficient (Wildman–Crippen LogP) is 2.93. The van der Waals surface area contributed by atoms with Gasteiger partial charge in [-0.25, -0.2) is 9.37 Å². The Bertz CT molecular complexity index is 545. The van der Waals surface area contributed by atoms with E-state index < -0.39 is 11.6 Å². The van der Waals surface area contributed by atoms with Crippen LogP contribution in [0.1, 0.15) is 23.1 Å². The number of hydrogen-bond donors (Lipinski definition) is 0. The average molecular weight is 253 g/mol. The number of benzene rings is 1. The van der Waals surface area contributed by atoms with Crippen LogP contribution >= 0.6 is 11.6 Å². The summed E-state index contributed by atoms with van der Waals surface area (Å²) in [6.07, 6.45) is 3.17. The number of halogens is 2. The molecule has 0 aliphatic rings. The van der Waals surface area contributed by atoms with Gasteiger partial charge >= 0.3 is 0 Å². The van der Waals surface area contributed by atoms with Gasteiger partial charge in [0.1, 0.15) is 5.82 Å². The van der Waals surface area contributed by atoms with Gasteiger partial charge in [-0.1, -0.05) is 17.7 Å². The topological polar surface area (TPSA) is 34.9 Å². The van der Waals surface area contributed by atoms with Crippen molar-refractivity contribution in [1.29, 1.82) is 0 Å². The maximum absolute atomic E-state index is 13.6. The molecular formula is C12H10ClFN2O. The summed E-state index contributed by atoms with van der Waals surface area (Å²) in [6, 6.07) is 4.15. The molecule has 2 aromatic rings. The van der Waals surface area contributed by atoms with Crippen molar-refractivity contribution in [2.24, 2.45) is 0 Å². The summed E-state index contributed by atoms with van der Waals surface area (Å²) < 4.78 is 15.2. The Morgan fingerprint density at radius 2 is 2.29 bits per heavy atom. The van der Waals surface area contributed by atoms with E-state index in [0.29, 0.717) is 6.54 Å². The van der Waals surface area contributed by atoms with Crippen molar-refractivity contribution in [2.75, 3.05) is 0 Å². The van der Waals surface area contributed by atoms with E-state index in [1.165, 1.54) is 24.4 Å². The second-order valence-corrected chi connectivity index (χ2v) is 3.87. The third kappa shape index (κ3) is 2.08. The van der Waals surface area contributed by atoms with Crippen molar-refractivity contribution in [3.63, 3.8) is 0 Å². The molecule has 0 saturated heterocycles. The lowest BCUT2D eigenvalue weighted by atomic mass is 10.1. The van der Waals surface area contributed by atoms with E-state index in [9.17, 15) is 9.18 Å². The predicted molar refractivity (Wildman–Crippen MR) is 62.7 cm³/mol. The van der Waals surface area contributed by atoms with Crippen molar-refractivity contribution in [3.8, 4) is 0 Å². The Hall–Kier alpha value is -1.68. The molecule has 1 aromatic carbocycles. The quantitative estimate of drug-likeness (QED) is 0.788. The highest BCUT2D eigenvalue weighted by Gasteiger charge is 2.21. The molecule has 0 aliphatic heterocycles. The molecule has 0 saturated carbocycles. The highest BCUT2D eigenvalue weighted by atomic mass is 35.5.